The molecule has 2 rings (SSSR count). The van der Waals surface area contributed by atoms with Crippen LogP contribution < -0.4 is 0 Å². The quantitative estimate of drug-likeness (QED) is 0.801. The topological polar surface area (TPSA) is 60.2 Å². The summed E-state index contributed by atoms with van der Waals surface area (Å²) in [6.07, 6.45) is 4.19. The summed E-state index contributed by atoms with van der Waals surface area (Å²) >= 11 is 0. The molecule has 0 aliphatic carbocycles. The van der Waals surface area contributed by atoms with Gasteiger partial charge in [0, 0.05) is 19.6 Å². The third-order valence-corrected chi connectivity index (χ3v) is 2.87. The van der Waals surface area contributed by atoms with E-state index in [2.05, 4.69) is 10.2 Å². The smallest absolute Gasteiger partial charge is 0.410 e. The summed E-state index contributed by atoms with van der Waals surface area (Å²) in [5.41, 5.74) is -0.427. The van der Waals surface area contributed by atoms with Crippen LogP contribution in [0.15, 0.2) is 12.7 Å². The Morgan fingerprint density at radius 3 is 2.67 bits per heavy atom. The highest BCUT2D eigenvalue weighted by Gasteiger charge is 2.29. The molecule has 1 aliphatic heterocycles. The van der Waals surface area contributed by atoms with Crippen molar-refractivity contribution < 1.29 is 9.53 Å². The third kappa shape index (κ3) is 3.45. The number of carbonyl (C=O) groups excluding carboxylic acids is 1. The number of hydrogen-bond donors (Lipinski definition) is 0. The number of amides is 1. The lowest BCUT2D eigenvalue weighted by Crippen LogP contribution is -2.35. The number of nitrogens with zero attached hydrogens (tertiary/aromatic N) is 4. The van der Waals surface area contributed by atoms with Gasteiger partial charge in [-0.3, -0.25) is 0 Å². The molecule has 2 heterocycles. The summed E-state index contributed by atoms with van der Waals surface area (Å²) in [5.74, 6) is 0.452. The first-order valence-corrected chi connectivity index (χ1v) is 6.24. The largest absolute Gasteiger partial charge is 0.444 e. The number of hydrogen-bond acceptors (Lipinski definition) is 4. The molecule has 1 amide bonds. The van der Waals surface area contributed by atoms with Crippen LogP contribution in [0.4, 0.5) is 4.79 Å². The van der Waals surface area contributed by atoms with E-state index in [4.69, 9.17) is 4.74 Å². The first kappa shape index (κ1) is 12.9. The molecule has 1 aliphatic rings. The second kappa shape index (κ2) is 4.96. The Balaban J connectivity index is 1.83. The first-order chi connectivity index (χ1) is 8.44. The molecule has 6 nitrogen and oxygen atoms in total. The zero-order valence-corrected chi connectivity index (χ0v) is 11.2. The van der Waals surface area contributed by atoms with E-state index in [0.29, 0.717) is 5.92 Å². The van der Waals surface area contributed by atoms with Gasteiger partial charge in [0.1, 0.15) is 18.3 Å². The van der Waals surface area contributed by atoms with Gasteiger partial charge in [0.15, 0.2) is 0 Å². The average molecular weight is 252 g/mol. The third-order valence-electron chi connectivity index (χ3n) is 2.87. The Kier molecular flexibility index (Phi) is 3.54. The summed E-state index contributed by atoms with van der Waals surface area (Å²) in [4.78, 5) is 13.7. The van der Waals surface area contributed by atoms with Gasteiger partial charge in [-0.15, -0.1) is 10.2 Å². The molecule has 0 radical (unpaired) electrons. The highest BCUT2D eigenvalue weighted by atomic mass is 16.6. The first-order valence-electron chi connectivity index (χ1n) is 6.24. The van der Waals surface area contributed by atoms with Crippen LogP contribution in [0.2, 0.25) is 0 Å². The monoisotopic (exact) mass is 252 g/mol. The maximum absolute atomic E-state index is 11.9. The minimum absolute atomic E-state index is 0.214. The van der Waals surface area contributed by atoms with Gasteiger partial charge in [0.2, 0.25) is 0 Å². The number of carbonyl (C=O) groups is 1. The fraction of sp³-hybridized carbons (Fsp3) is 0.750. The Morgan fingerprint density at radius 2 is 2.06 bits per heavy atom. The minimum atomic E-state index is -0.427. The average Bonchev–Trinajstić information content (AvgIpc) is 2.86. The zero-order chi connectivity index (χ0) is 13.2. The number of ether oxygens (including phenoxy) is 1. The fourth-order valence-electron chi connectivity index (χ4n) is 2.09. The van der Waals surface area contributed by atoms with Gasteiger partial charge in [-0.25, -0.2) is 4.79 Å². The second-order valence-corrected chi connectivity index (χ2v) is 5.74. The van der Waals surface area contributed by atoms with Crippen LogP contribution in [0, 0.1) is 5.92 Å². The van der Waals surface area contributed by atoms with Crippen molar-refractivity contribution in [2.45, 2.75) is 39.3 Å². The number of aromatic nitrogens is 3. The van der Waals surface area contributed by atoms with E-state index in [1.165, 1.54) is 0 Å². The van der Waals surface area contributed by atoms with Crippen LogP contribution in [-0.4, -0.2) is 44.4 Å². The van der Waals surface area contributed by atoms with Crippen molar-refractivity contribution in [2.75, 3.05) is 13.1 Å². The molecule has 1 atom stereocenters. The molecule has 1 fully saturated rings. The van der Waals surface area contributed by atoms with Gasteiger partial charge in [-0.1, -0.05) is 0 Å². The molecule has 6 heteroatoms. The van der Waals surface area contributed by atoms with Crippen LogP contribution in [0.5, 0.6) is 0 Å². The van der Waals surface area contributed by atoms with Crippen LogP contribution in [0.3, 0.4) is 0 Å². The predicted molar refractivity (Wildman–Crippen MR) is 65.9 cm³/mol. The predicted octanol–water partition coefficient (Wildman–Crippen LogP) is 1.54. The molecule has 0 bridgehead atoms. The molecule has 0 N–H and O–H groups in total. The van der Waals surface area contributed by atoms with Crippen molar-refractivity contribution in [2.24, 2.45) is 5.92 Å². The van der Waals surface area contributed by atoms with Gasteiger partial charge in [-0.2, -0.15) is 0 Å². The van der Waals surface area contributed by atoms with Gasteiger partial charge >= 0.3 is 6.09 Å². The van der Waals surface area contributed by atoms with Crippen LogP contribution in [0.1, 0.15) is 27.2 Å². The van der Waals surface area contributed by atoms with Crippen molar-refractivity contribution in [3.8, 4) is 0 Å². The van der Waals surface area contributed by atoms with Crippen molar-refractivity contribution in [3.05, 3.63) is 12.7 Å². The minimum Gasteiger partial charge on any atom is -0.444 e. The second-order valence-electron chi connectivity index (χ2n) is 5.74. The maximum Gasteiger partial charge on any atom is 0.410 e. The van der Waals surface area contributed by atoms with Crippen molar-refractivity contribution in [1.29, 1.82) is 0 Å². The summed E-state index contributed by atoms with van der Waals surface area (Å²) in [6.45, 7) is 8.02. The summed E-state index contributed by atoms with van der Waals surface area (Å²) < 4.78 is 7.31. The molecule has 0 saturated carbocycles. The lowest BCUT2D eigenvalue weighted by Gasteiger charge is -2.24. The lowest BCUT2D eigenvalue weighted by atomic mass is 10.1. The van der Waals surface area contributed by atoms with Gasteiger partial charge in [-0.05, 0) is 33.1 Å². The summed E-state index contributed by atoms with van der Waals surface area (Å²) in [5, 5.41) is 7.55. The van der Waals surface area contributed by atoms with Gasteiger partial charge < -0.3 is 14.2 Å². The van der Waals surface area contributed by atoms with Crippen LogP contribution in [0.25, 0.3) is 0 Å². The zero-order valence-electron chi connectivity index (χ0n) is 11.2. The Bertz CT molecular complexity index is 397. The molecule has 1 saturated heterocycles. The molecule has 18 heavy (non-hydrogen) atoms. The highest BCUT2D eigenvalue weighted by Crippen LogP contribution is 2.20. The number of rotatable bonds is 2. The van der Waals surface area contributed by atoms with Crippen LogP contribution in [-0.2, 0) is 11.3 Å². The molecular formula is C12H20N4O2. The number of likely N-dealkylation sites (tertiary alicyclic amines) is 1. The van der Waals surface area contributed by atoms with E-state index in [-0.39, 0.29) is 6.09 Å². The van der Waals surface area contributed by atoms with Crippen molar-refractivity contribution in [3.63, 3.8) is 0 Å². The normalized spacial score (nSPS) is 20.2. The van der Waals surface area contributed by atoms with E-state index < -0.39 is 5.60 Å². The summed E-state index contributed by atoms with van der Waals surface area (Å²) in [6, 6.07) is 0. The Morgan fingerprint density at radius 1 is 1.39 bits per heavy atom. The van der Waals surface area contributed by atoms with E-state index in [9.17, 15) is 4.79 Å². The van der Waals surface area contributed by atoms with Gasteiger partial charge in [0.25, 0.3) is 0 Å². The SMILES string of the molecule is CC(C)(C)OC(=O)N1CC[C@H](Cn2cnnc2)C1. The molecule has 1 aromatic heterocycles. The van der Waals surface area contributed by atoms with Gasteiger partial charge in [0.05, 0.1) is 0 Å². The van der Waals surface area contributed by atoms with E-state index in [0.717, 1.165) is 26.1 Å². The molecule has 0 unspecified atom stereocenters. The lowest BCUT2D eigenvalue weighted by molar-refractivity contribution is 0.0287. The standard InChI is InChI=1S/C12H20N4O2/c1-12(2,3)18-11(17)16-5-4-10(7-16)6-15-8-13-14-9-15/h8-10H,4-7H2,1-3H3/t10-/m1/s1. The fourth-order valence-corrected chi connectivity index (χ4v) is 2.09. The van der Waals surface area contributed by atoms with E-state index in [1.54, 1.807) is 17.6 Å². The van der Waals surface area contributed by atoms with Crippen LogP contribution >= 0.6 is 0 Å². The van der Waals surface area contributed by atoms with Crippen molar-refractivity contribution in [1.82, 2.24) is 19.7 Å². The Labute approximate surface area is 107 Å². The molecule has 0 aromatic carbocycles. The van der Waals surface area contributed by atoms with E-state index >= 15 is 0 Å². The summed E-state index contributed by atoms with van der Waals surface area (Å²) in [7, 11) is 0. The highest BCUT2D eigenvalue weighted by molar-refractivity contribution is 5.68. The van der Waals surface area contributed by atoms with E-state index in [1.807, 2.05) is 25.3 Å². The molecular weight excluding hydrogens is 232 g/mol. The Hall–Kier alpha value is -1.59. The molecule has 1 aromatic rings. The maximum atomic E-state index is 11.9. The molecule has 100 valence electrons. The van der Waals surface area contributed by atoms with Crippen molar-refractivity contribution >= 4 is 6.09 Å². The molecule has 0 spiro atoms.